The zero-order valence-corrected chi connectivity index (χ0v) is 8.64. The molecule has 14 heavy (non-hydrogen) atoms. The molecule has 0 bridgehead atoms. The Kier molecular flexibility index (Phi) is 2.50. The zero-order valence-electron chi connectivity index (χ0n) is 7.06. The fraction of sp³-hybridized carbons (Fsp3) is 0.222. The van der Waals surface area contributed by atoms with Crippen molar-refractivity contribution in [3.63, 3.8) is 0 Å². The maximum absolute atomic E-state index is 13.3. The molecular weight excluding hydrogens is 256 g/mol. The second-order valence-corrected chi connectivity index (χ2v) is 3.64. The van der Waals surface area contributed by atoms with E-state index in [1.165, 1.54) is 0 Å². The molecule has 0 N–H and O–H groups in total. The molecule has 1 aliphatic rings. The average Bonchev–Trinajstić information content (AvgIpc) is 2.64. The van der Waals surface area contributed by atoms with Crippen molar-refractivity contribution < 1.29 is 13.5 Å². The van der Waals surface area contributed by atoms with Gasteiger partial charge >= 0.3 is 0 Å². The number of ether oxygens (including phenoxy) is 1. The van der Waals surface area contributed by atoms with Crippen LogP contribution >= 0.6 is 15.9 Å². The lowest BCUT2D eigenvalue weighted by atomic mass is 10.2. The third-order valence-electron chi connectivity index (χ3n) is 1.83. The van der Waals surface area contributed by atoms with E-state index in [0.717, 1.165) is 12.1 Å². The first-order chi connectivity index (χ1) is 6.68. The van der Waals surface area contributed by atoms with Gasteiger partial charge in [-0.05, 0) is 28.1 Å². The molecule has 74 valence electrons. The second-order valence-electron chi connectivity index (χ2n) is 2.78. The van der Waals surface area contributed by atoms with Crippen LogP contribution in [0.2, 0.25) is 0 Å². The van der Waals surface area contributed by atoms with E-state index in [1.807, 2.05) is 0 Å². The Hall–Kier alpha value is -0.970. The monoisotopic (exact) mass is 261 g/mol. The van der Waals surface area contributed by atoms with Gasteiger partial charge in [0.25, 0.3) is 0 Å². The lowest BCUT2D eigenvalue weighted by molar-refractivity contribution is 0.346. The van der Waals surface area contributed by atoms with Gasteiger partial charge in [0.05, 0.1) is 16.6 Å². The third kappa shape index (κ3) is 1.64. The van der Waals surface area contributed by atoms with E-state index >= 15 is 0 Å². The van der Waals surface area contributed by atoms with Crippen LogP contribution in [-0.2, 0) is 4.74 Å². The molecule has 0 atom stereocenters. The number of hydrogen-bond acceptors (Lipinski definition) is 2. The van der Waals surface area contributed by atoms with Crippen molar-refractivity contribution in [1.82, 2.24) is 0 Å². The summed E-state index contributed by atoms with van der Waals surface area (Å²) in [6.45, 7) is 0.916. The molecule has 0 aromatic heterocycles. The summed E-state index contributed by atoms with van der Waals surface area (Å²) in [4.78, 5) is 3.91. The molecule has 2 nitrogen and oxygen atoms in total. The van der Waals surface area contributed by atoms with Crippen molar-refractivity contribution in [3.8, 4) is 0 Å². The van der Waals surface area contributed by atoms with Crippen LogP contribution in [0.5, 0.6) is 0 Å². The third-order valence-corrected chi connectivity index (χ3v) is 2.43. The van der Waals surface area contributed by atoms with Gasteiger partial charge in [0.1, 0.15) is 18.2 Å². The van der Waals surface area contributed by atoms with E-state index in [1.54, 1.807) is 0 Å². The van der Waals surface area contributed by atoms with E-state index in [4.69, 9.17) is 4.74 Å². The molecular formula is C9H6BrF2NO. The Labute approximate surface area is 87.7 Å². The summed E-state index contributed by atoms with van der Waals surface area (Å²) >= 11 is 2.89. The van der Waals surface area contributed by atoms with Gasteiger partial charge in [0, 0.05) is 0 Å². The van der Waals surface area contributed by atoms with Gasteiger partial charge in [0.15, 0.2) is 0 Å². The van der Waals surface area contributed by atoms with Crippen LogP contribution in [-0.4, -0.2) is 19.0 Å². The second kappa shape index (κ2) is 3.65. The molecule has 0 radical (unpaired) electrons. The van der Waals surface area contributed by atoms with Crippen LogP contribution in [0.25, 0.3) is 0 Å². The predicted octanol–water partition coefficient (Wildman–Crippen LogP) is 2.50. The lowest BCUT2D eigenvalue weighted by Crippen LogP contribution is -2.05. The summed E-state index contributed by atoms with van der Waals surface area (Å²) in [5.41, 5.74) is 0.0724. The lowest BCUT2D eigenvalue weighted by Gasteiger charge is -2.04. The van der Waals surface area contributed by atoms with Crippen molar-refractivity contribution in [2.24, 2.45) is 4.99 Å². The van der Waals surface area contributed by atoms with Crippen LogP contribution in [0.1, 0.15) is 5.56 Å². The van der Waals surface area contributed by atoms with Crippen molar-refractivity contribution in [2.75, 3.05) is 13.2 Å². The molecule has 1 heterocycles. The standard InChI is InChI=1S/C9H6BrF2NO/c10-6-4-7(11)5(3-8(6)12)9-13-1-2-14-9/h3-4H,1-2H2. The van der Waals surface area contributed by atoms with Gasteiger partial charge in [-0.2, -0.15) is 0 Å². The predicted molar refractivity (Wildman–Crippen MR) is 51.4 cm³/mol. The van der Waals surface area contributed by atoms with Crippen LogP contribution in [0.4, 0.5) is 8.78 Å². The Balaban J connectivity index is 2.47. The first kappa shape index (κ1) is 9.58. The molecule has 0 spiro atoms. The first-order valence-electron chi connectivity index (χ1n) is 4.00. The normalized spacial score (nSPS) is 15.2. The van der Waals surface area contributed by atoms with Gasteiger partial charge in [-0.15, -0.1) is 0 Å². The highest BCUT2D eigenvalue weighted by atomic mass is 79.9. The molecule has 1 aromatic rings. The smallest absolute Gasteiger partial charge is 0.219 e. The van der Waals surface area contributed by atoms with Gasteiger partial charge < -0.3 is 4.74 Å². The average molecular weight is 262 g/mol. The molecule has 0 unspecified atom stereocenters. The maximum atomic E-state index is 13.3. The molecule has 0 fully saturated rings. The van der Waals surface area contributed by atoms with E-state index in [-0.39, 0.29) is 15.9 Å². The highest BCUT2D eigenvalue weighted by molar-refractivity contribution is 9.10. The van der Waals surface area contributed by atoms with Crippen molar-refractivity contribution in [1.29, 1.82) is 0 Å². The maximum Gasteiger partial charge on any atom is 0.219 e. The van der Waals surface area contributed by atoms with E-state index in [2.05, 4.69) is 20.9 Å². The Bertz CT molecular complexity index is 406. The van der Waals surface area contributed by atoms with E-state index in [0.29, 0.717) is 13.2 Å². The topological polar surface area (TPSA) is 21.6 Å². The molecule has 0 saturated heterocycles. The summed E-state index contributed by atoms with van der Waals surface area (Å²) in [6.07, 6.45) is 0. The summed E-state index contributed by atoms with van der Waals surface area (Å²) in [5.74, 6) is -0.896. The minimum absolute atomic E-state index is 0.0724. The largest absolute Gasteiger partial charge is 0.475 e. The fourth-order valence-corrected chi connectivity index (χ4v) is 1.50. The molecule has 0 saturated carbocycles. The molecule has 2 rings (SSSR count). The van der Waals surface area contributed by atoms with Crippen LogP contribution in [0.3, 0.4) is 0 Å². The van der Waals surface area contributed by atoms with E-state index in [9.17, 15) is 8.78 Å². The molecule has 0 amide bonds. The summed E-state index contributed by atoms with van der Waals surface area (Å²) in [7, 11) is 0. The summed E-state index contributed by atoms with van der Waals surface area (Å²) in [6, 6.07) is 2.14. The zero-order chi connectivity index (χ0) is 10.1. The molecule has 1 aromatic carbocycles. The molecule has 1 aliphatic heterocycles. The SMILES string of the molecule is Fc1cc(C2=NCCO2)c(F)cc1Br. The fourth-order valence-electron chi connectivity index (χ4n) is 1.18. The van der Waals surface area contributed by atoms with Crippen molar-refractivity contribution >= 4 is 21.8 Å². The van der Waals surface area contributed by atoms with Crippen LogP contribution in [0.15, 0.2) is 21.6 Å². The minimum atomic E-state index is -0.543. The minimum Gasteiger partial charge on any atom is -0.475 e. The number of benzene rings is 1. The van der Waals surface area contributed by atoms with Gasteiger partial charge in [0.2, 0.25) is 5.90 Å². The quantitative estimate of drug-likeness (QED) is 0.712. The number of nitrogens with zero attached hydrogens (tertiary/aromatic N) is 1. The van der Waals surface area contributed by atoms with E-state index < -0.39 is 11.6 Å². The van der Waals surface area contributed by atoms with Crippen molar-refractivity contribution in [2.45, 2.75) is 0 Å². The number of hydrogen-bond donors (Lipinski definition) is 0. The van der Waals surface area contributed by atoms with Crippen LogP contribution < -0.4 is 0 Å². The number of rotatable bonds is 1. The first-order valence-corrected chi connectivity index (χ1v) is 4.80. The van der Waals surface area contributed by atoms with Crippen LogP contribution in [0, 0.1) is 11.6 Å². The highest BCUT2D eigenvalue weighted by Gasteiger charge is 2.17. The van der Waals surface area contributed by atoms with Crippen molar-refractivity contribution in [3.05, 3.63) is 33.8 Å². The number of halogens is 3. The van der Waals surface area contributed by atoms with Gasteiger partial charge in [-0.3, -0.25) is 0 Å². The van der Waals surface area contributed by atoms with Gasteiger partial charge in [-0.1, -0.05) is 0 Å². The Morgan fingerprint density at radius 2 is 2.07 bits per heavy atom. The summed E-state index contributed by atoms with van der Waals surface area (Å²) < 4.78 is 31.6. The number of aliphatic imine (C=N–C) groups is 1. The van der Waals surface area contributed by atoms with Gasteiger partial charge in [-0.25, -0.2) is 13.8 Å². The summed E-state index contributed by atoms with van der Waals surface area (Å²) in [5, 5.41) is 0. The Morgan fingerprint density at radius 3 is 2.71 bits per heavy atom. The highest BCUT2D eigenvalue weighted by Crippen LogP contribution is 2.21. The molecule has 5 heteroatoms. The molecule has 0 aliphatic carbocycles. The Morgan fingerprint density at radius 1 is 1.29 bits per heavy atom.